The molecule has 0 atom stereocenters. The third-order valence-electron chi connectivity index (χ3n) is 5.39. The van der Waals surface area contributed by atoms with Gasteiger partial charge in [-0.2, -0.15) is 0 Å². The number of aromatic nitrogens is 1. The van der Waals surface area contributed by atoms with Gasteiger partial charge in [-0.3, -0.25) is 9.59 Å². The minimum atomic E-state index is 0.0844. The second-order valence-corrected chi connectivity index (χ2v) is 8.87. The predicted molar refractivity (Wildman–Crippen MR) is 117 cm³/mol. The number of likely N-dealkylation sites (tertiary alicyclic amines) is 1. The minimum Gasteiger partial charge on any atom is -0.339 e. The lowest BCUT2D eigenvalue weighted by molar-refractivity contribution is -0.133. The maximum absolute atomic E-state index is 13.0. The number of carbonyl (C=O) groups excluding carboxylic acids is 2. The van der Waals surface area contributed by atoms with Crippen molar-refractivity contribution in [3.05, 3.63) is 52.0 Å². The number of hydrogen-bond acceptors (Lipinski definition) is 4. The molecule has 0 spiro atoms. The highest BCUT2D eigenvalue weighted by Crippen LogP contribution is 2.22. The summed E-state index contributed by atoms with van der Waals surface area (Å²) in [7, 11) is 0. The Kier molecular flexibility index (Phi) is 7.42. The molecule has 6 heteroatoms. The highest BCUT2D eigenvalue weighted by Gasteiger charge is 2.29. The molecular formula is C23H31N3O2S. The second kappa shape index (κ2) is 10.0. The maximum atomic E-state index is 13.0. The van der Waals surface area contributed by atoms with Crippen LogP contribution in [0.2, 0.25) is 0 Å². The second-order valence-electron chi connectivity index (χ2n) is 7.99. The number of amides is 2. The van der Waals surface area contributed by atoms with Crippen molar-refractivity contribution in [3.63, 3.8) is 0 Å². The molecule has 1 aromatic carbocycles. The monoisotopic (exact) mass is 413 g/mol. The largest absolute Gasteiger partial charge is 0.339 e. The van der Waals surface area contributed by atoms with Gasteiger partial charge < -0.3 is 9.80 Å². The van der Waals surface area contributed by atoms with Crippen molar-refractivity contribution in [2.24, 2.45) is 0 Å². The molecule has 1 aliphatic rings. The SMILES string of the molecule is CCCN(C(=O)Cc1csc(C(C)C)n1)C1CCN(C(=O)c2ccccc2)CC1. The highest BCUT2D eigenvalue weighted by atomic mass is 32.1. The number of hydrogen-bond donors (Lipinski definition) is 0. The van der Waals surface area contributed by atoms with Crippen LogP contribution >= 0.6 is 11.3 Å². The Morgan fingerprint density at radius 2 is 1.90 bits per heavy atom. The van der Waals surface area contributed by atoms with Crippen LogP contribution in [-0.4, -0.2) is 52.3 Å². The Labute approximate surface area is 177 Å². The topological polar surface area (TPSA) is 53.5 Å². The van der Waals surface area contributed by atoms with Crippen molar-refractivity contribution in [1.29, 1.82) is 0 Å². The van der Waals surface area contributed by atoms with Crippen molar-refractivity contribution in [2.45, 2.75) is 58.4 Å². The van der Waals surface area contributed by atoms with Crippen molar-refractivity contribution < 1.29 is 9.59 Å². The van der Waals surface area contributed by atoms with Crippen molar-refractivity contribution in [3.8, 4) is 0 Å². The lowest BCUT2D eigenvalue weighted by Gasteiger charge is -2.38. The van der Waals surface area contributed by atoms with Gasteiger partial charge in [0.1, 0.15) is 0 Å². The Hall–Kier alpha value is -2.21. The number of thiazole rings is 1. The molecule has 1 fully saturated rings. The van der Waals surface area contributed by atoms with E-state index in [1.807, 2.05) is 45.5 Å². The molecule has 2 amide bonds. The van der Waals surface area contributed by atoms with E-state index >= 15 is 0 Å². The fraction of sp³-hybridized carbons (Fsp3) is 0.522. The van der Waals surface area contributed by atoms with Crippen LogP contribution in [0.1, 0.15) is 67.0 Å². The quantitative estimate of drug-likeness (QED) is 0.678. The molecule has 1 saturated heterocycles. The Balaban J connectivity index is 1.59. The normalized spacial score (nSPS) is 15.0. The molecule has 0 saturated carbocycles. The highest BCUT2D eigenvalue weighted by molar-refractivity contribution is 7.09. The summed E-state index contributed by atoms with van der Waals surface area (Å²) in [5.41, 5.74) is 1.61. The molecule has 0 aliphatic carbocycles. The number of carbonyl (C=O) groups is 2. The zero-order valence-corrected chi connectivity index (χ0v) is 18.5. The van der Waals surface area contributed by atoms with Gasteiger partial charge in [0.05, 0.1) is 17.1 Å². The van der Waals surface area contributed by atoms with E-state index in [0.29, 0.717) is 25.4 Å². The van der Waals surface area contributed by atoms with Crippen molar-refractivity contribution >= 4 is 23.2 Å². The molecule has 1 aliphatic heterocycles. The summed E-state index contributed by atoms with van der Waals surface area (Å²) in [4.78, 5) is 34.3. The summed E-state index contributed by atoms with van der Waals surface area (Å²) < 4.78 is 0. The minimum absolute atomic E-state index is 0.0844. The molecule has 1 aromatic heterocycles. The number of nitrogens with zero attached hydrogens (tertiary/aromatic N) is 3. The average molecular weight is 414 g/mol. The fourth-order valence-corrected chi connectivity index (χ4v) is 4.66. The van der Waals surface area contributed by atoms with Crippen LogP contribution in [0.3, 0.4) is 0 Å². The summed E-state index contributed by atoms with van der Waals surface area (Å²) in [6.45, 7) is 8.50. The molecule has 3 rings (SSSR count). The summed E-state index contributed by atoms with van der Waals surface area (Å²) >= 11 is 1.64. The number of benzene rings is 1. The molecule has 5 nitrogen and oxygen atoms in total. The summed E-state index contributed by atoms with van der Waals surface area (Å²) in [5, 5.41) is 3.10. The van der Waals surface area contributed by atoms with Gasteiger partial charge in [-0.15, -0.1) is 11.3 Å². The molecule has 0 bridgehead atoms. The Morgan fingerprint density at radius 3 is 2.48 bits per heavy atom. The van der Waals surface area contributed by atoms with E-state index in [-0.39, 0.29) is 17.9 Å². The zero-order valence-electron chi connectivity index (χ0n) is 17.6. The molecule has 156 valence electrons. The van der Waals surface area contributed by atoms with Gasteiger partial charge in [0.2, 0.25) is 5.91 Å². The Morgan fingerprint density at radius 1 is 1.21 bits per heavy atom. The molecule has 2 heterocycles. The molecule has 2 aromatic rings. The third-order valence-corrected chi connectivity index (χ3v) is 6.59. The standard InChI is InChI=1S/C23H31N3O2S/c1-4-12-26(21(27)15-19-16-29-22(24-19)17(2)3)20-10-13-25(14-11-20)23(28)18-8-6-5-7-9-18/h5-9,16-17,20H,4,10-15H2,1-3H3. The fourth-order valence-electron chi connectivity index (χ4n) is 3.82. The number of rotatable bonds is 7. The maximum Gasteiger partial charge on any atom is 0.253 e. The van der Waals surface area contributed by atoms with E-state index in [2.05, 4.69) is 25.8 Å². The van der Waals surface area contributed by atoms with Crippen LogP contribution in [0.25, 0.3) is 0 Å². The van der Waals surface area contributed by atoms with Gasteiger partial charge in [-0.05, 0) is 31.4 Å². The van der Waals surface area contributed by atoms with Gasteiger partial charge >= 0.3 is 0 Å². The van der Waals surface area contributed by atoms with E-state index in [0.717, 1.165) is 42.1 Å². The number of piperidine rings is 1. The van der Waals surface area contributed by atoms with Gasteiger partial charge in [0, 0.05) is 42.5 Å². The molecule has 29 heavy (non-hydrogen) atoms. The van der Waals surface area contributed by atoms with E-state index < -0.39 is 0 Å². The summed E-state index contributed by atoms with van der Waals surface area (Å²) in [6, 6.07) is 9.63. The van der Waals surface area contributed by atoms with Crippen LogP contribution in [0.4, 0.5) is 0 Å². The summed E-state index contributed by atoms with van der Waals surface area (Å²) in [5.74, 6) is 0.628. The van der Waals surface area contributed by atoms with Crippen LogP contribution in [0.5, 0.6) is 0 Å². The van der Waals surface area contributed by atoms with Gasteiger partial charge in [0.15, 0.2) is 0 Å². The molecule has 0 unspecified atom stereocenters. The third kappa shape index (κ3) is 5.44. The van der Waals surface area contributed by atoms with E-state index in [4.69, 9.17) is 0 Å². The average Bonchev–Trinajstić information content (AvgIpc) is 3.21. The molecule has 0 radical (unpaired) electrons. The van der Waals surface area contributed by atoms with Gasteiger partial charge in [-0.25, -0.2) is 4.98 Å². The summed E-state index contributed by atoms with van der Waals surface area (Å²) in [6.07, 6.45) is 2.97. The van der Waals surface area contributed by atoms with Crippen LogP contribution < -0.4 is 0 Å². The van der Waals surface area contributed by atoms with Crippen LogP contribution in [0.15, 0.2) is 35.7 Å². The predicted octanol–water partition coefficient (Wildman–Crippen LogP) is 4.35. The first kappa shape index (κ1) is 21.5. The lowest BCUT2D eigenvalue weighted by atomic mass is 10.0. The van der Waals surface area contributed by atoms with E-state index in [1.165, 1.54) is 0 Å². The Bertz CT molecular complexity index is 811. The molecular weight excluding hydrogens is 382 g/mol. The first-order chi connectivity index (χ1) is 14.0. The zero-order chi connectivity index (χ0) is 20.8. The van der Waals surface area contributed by atoms with Crippen molar-refractivity contribution in [2.75, 3.05) is 19.6 Å². The smallest absolute Gasteiger partial charge is 0.253 e. The van der Waals surface area contributed by atoms with Crippen molar-refractivity contribution in [1.82, 2.24) is 14.8 Å². The van der Waals surface area contributed by atoms with Gasteiger partial charge in [-0.1, -0.05) is 39.0 Å². The lowest BCUT2D eigenvalue weighted by Crippen LogP contribution is -2.49. The van der Waals surface area contributed by atoms with E-state index in [9.17, 15) is 9.59 Å². The van der Waals surface area contributed by atoms with Gasteiger partial charge in [0.25, 0.3) is 5.91 Å². The first-order valence-corrected chi connectivity index (χ1v) is 11.5. The van der Waals surface area contributed by atoms with Crippen LogP contribution in [0, 0.1) is 0 Å². The first-order valence-electron chi connectivity index (χ1n) is 10.6. The van der Waals surface area contributed by atoms with E-state index in [1.54, 1.807) is 11.3 Å². The molecule has 0 N–H and O–H groups in total. The van der Waals surface area contributed by atoms with Crippen LogP contribution in [-0.2, 0) is 11.2 Å².